The molecule has 8 heteroatoms. The van der Waals surface area contributed by atoms with Crippen LogP contribution in [0.1, 0.15) is 6.92 Å². The number of likely N-dealkylation sites (tertiary alicyclic amines) is 1. The van der Waals surface area contributed by atoms with Gasteiger partial charge in [-0.25, -0.2) is 14.6 Å². The van der Waals surface area contributed by atoms with Crippen LogP contribution in [0.15, 0.2) is 18.3 Å². The molecule has 0 saturated carbocycles. The van der Waals surface area contributed by atoms with E-state index in [-0.39, 0.29) is 0 Å². The summed E-state index contributed by atoms with van der Waals surface area (Å²) in [6.07, 6.45) is 1.16. The zero-order valence-corrected chi connectivity index (χ0v) is 12.2. The van der Waals surface area contributed by atoms with E-state index in [2.05, 4.69) is 20.4 Å². The van der Waals surface area contributed by atoms with Crippen LogP contribution in [0.2, 0.25) is 0 Å². The number of urea groups is 1. The summed E-state index contributed by atoms with van der Waals surface area (Å²) in [6, 6.07) is 3.01. The number of anilines is 1. The van der Waals surface area contributed by atoms with Crippen molar-refractivity contribution in [3.63, 3.8) is 0 Å². The van der Waals surface area contributed by atoms with Crippen molar-refractivity contribution in [3.8, 4) is 5.75 Å². The fraction of sp³-hybridized carbons (Fsp3) is 0.462. The third-order valence-electron chi connectivity index (χ3n) is 3.15. The van der Waals surface area contributed by atoms with E-state index in [0.29, 0.717) is 24.7 Å². The lowest BCUT2D eigenvalue weighted by molar-refractivity contribution is 0.0476. The number of ether oxygens (including phenoxy) is 2. The Hall–Kier alpha value is -2.51. The molecule has 2 N–H and O–H groups in total. The lowest BCUT2D eigenvalue weighted by Crippen LogP contribution is -2.70. The summed E-state index contributed by atoms with van der Waals surface area (Å²) in [5.74, 6) is 0.813. The summed E-state index contributed by atoms with van der Waals surface area (Å²) in [5.41, 5.74) is -0.486. The van der Waals surface area contributed by atoms with Gasteiger partial charge in [-0.3, -0.25) is 5.32 Å². The van der Waals surface area contributed by atoms with Crippen LogP contribution < -0.4 is 15.4 Å². The third kappa shape index (κ3) is 3.33. The number of nitrogens with zero attached hydrogens (tertiary/aromatic N) is 2. The van der Waals surface area contributed by atoms with Crippen LogP contribution in [-0.2, 0) is 4.74 Å². The Labute approximate surface area is 122 Å². The Balaban J connectivity index is 1.90. The van der Waals surface area contributed by atoms with E-state index in [4.69, 9.17) is 4.74 Å². The zero-order valence-electron chi connectivity index (χ0n) is 12.2. The normalized spacial score (nSPS) is 15.7. The van der Waals surface area contributed by atoms with Gasteiger partial charge in [-0.2, -0.15) is 0 Å². The molecule has 0 atom stereocenters. The molecule has 21 heavy (non-hydrogen) atoms. The monoisotopic (exact) mass is 294 g/mol. The van der Waals surface area contributed by atoms with Gasteiger partial charge in [0, 0.05) is 19.3 Å². The van der Waals surface area contributed by atoms with Crippen LogP contribution in [0.25, 0.3) is 0 Å². The second-order valence-corrected chi connectivity index (χ2v) is 5.02. The molecule has 2 heterocycles. The maximum absolute atomic E-state index is 12.0. The summed E-state index contributed by atoms with van der Waals surface area (Å²) in [6.45, 7) is 2.64. The molecule has 1 aromatic heterocycles. The number of nitrogens with one attached hydrogen (secondary N) is 2. The van der Waals surface area contributed by atoms with Gasteiger partial charge in [0.05, 0.1) is 19.8 Å². The Morgan fingerprint density at radius 1 is 1.38 bits per heavy atom. The number of amides is 3. The summed E-state index contributed by atoms with van der Waals surface area (Å²) in [5, 5.41) is 5.43. The number of carbonyl (C=O) groups excluding carboxylic acids is 2. The van der Waals surface area contributed by atoms with Crippen LogP contribution in [0.4, 0.5) is 15.4 Å². The molecular formula is C13H18N4O4. The molecule has 3 amide bonds. The van der Waals surface area contributed by atoms with Crippen molar-refractivity contribution in [2.24, 2.45) is 0 Å². The number of carbonyl (C=O) groups is 2. The largest absolute Gasteiger partial charge is 0.493 e. The van der Waals surface area contributed by atoms with E-state index in [1.165, 1.54) is 19.1 Å². The molecule has 8 nitrogen and oxygen atoms in total. The minimum Gasteiger partial charge on any atom is -0.493 e. The van der Waals surface area contributed by atoms with E-state index < -0.39 is 17.7 Å². The van der Waals surface area contributed by atoms with Gasteiger partial charge in [0.2, 0.25) is 0 Å². The van der Waals surface area contributed by atoms with Crippen molar-refractivity contribution >= 4 is 17.9 Å². The van der Waals surface area contributed by atoms with Gasteiger partial charge in [-0.1, -0.05) is 0 Å². The number of hydrogen-bond acceptors (Lipinski definition) is 5. The zero-order chi connectivity index (χ0) is 15.5. The Morgan fingerprint density at radius 2 is 2.10 bits per heavy atom. The topological polar surface area (TPSA) is 92.8 Å². The Kier molecular flexibility index (Phi) is 4.15. The van der Waals surface area contributed by atoms with Crippen molar-refractivity contribution in [1.82, 2.24) is 15.2 Å². The first kappa shape index (κ1) is 14.9. The molecule has 2 rings (SSSR count). The molecule has 1 aliphatic rings. The highest BCUT2D eigenvalue weighted by molar-refractivity contribution is 5.90. The van der Waals surface area contributed by atoms with Crippen molar-refractivity contribution < 1.29 is 19.1 Å². The number of hydrogen-bond donors (Lipinski definition) is 2. The van der Waals surface area contributed by atoms with Gasteiger partial charge in [-0.15, -0.1) is 0 Å². The van der Waals surface area contributed by atoms with Crippen molar-refractivity contribution in [1.29, 1.82) is 0 Å². The van der Waals surface area contributed by atoms with E-state index in [9.17, 15) is 9.59 Å². The molecule has 1 saturated heterocycles. The number of rotatable bonds is 3. The summed E-state index contributed by atoms with van der Waals surface area (Å²) >= 11 is 0. The van der Waals surface area contributed by atoms with Gasteiger partial charge in [0.25, 0.3) is 0 Å². The van der Waals surface area contributed by atoms with Gasteiger partial charge in [-0.05, 0) is 19.1 Å². The molecule has 1 aromatic rings. The quantitative estimate of drug-likeness (QED) is 0.869. The highest BCUT2D eigenvalue weighted by Gasteiger charge is 2.43. The van der Waals surface area contributed by atoms with Crippen LogP contribution >= 0.6 is 0 Å². The van der Waals surface area contributed by atoms with Gasteiger partial charge >= 0.3 is 12.1 Å². The Bertz CT molecular complexity index is 543. The van der Waals surface area contributed by atoms with E-state index >= 15 is 0 Å². The van der Waals surface area contributed by atoms with Gasteiger partial charge in [0.1, 0.15) is 0 Å². The second-order valence-electron chi connectivity index (χ2n) is 5.02. The predicted molar refractivity (Wildman–Crippen MR) is 75.3 cm³/mol. The average Bonchev–Trinajstić information content (AvgIpc) is 2.44. The lowest BCUT2D eigenvalue weighted by atomic mass is 9.93. The molecule has 0 bridgehead atoms. The number of pyridine rings is 1. The number of aromatic nitrogens is 1. The highest BCUT2D eigenvalue weighted by atomic mass is 16.5. The van der Waals surface area contributed by atoms with Gasteiger partial charge < -0.3 is 19.7 Å². The van der Waals surface area contributed by atoms with Crippen molar-refractivity contribution in [2.75, 3.05) is 32.6 Å². The van der Waals surface area contributed by atoms with Crippen LogP contribution in [0.3, 0.4) is 0 Å². The molecule has 0 aliphatic carbocycles. The average molecular weight is 294 g/mol. The SMILES string of the molecule is COC(=O)N1CC(C)(NC(=O)Nc2ncccc2OC)C1. The van der Waals surface area contributed by atoms with E-state index in [1.807, 2.05) is 6.92 Å². The first-order chi connectivity index (χ1) is 9.97. The summed E-state index contributed by atoms with van der Waals surface area (Å²) in [4.78, 5) is 28.8. The molecule has 0 aromatic carbocycles. The molecule has 1 aliphatic heterocycles. The molecule has 0 spiro atoms. The smallest absolute Gasteiger partial charge is 0.409 e. The maximum atomic E-state index is 12.0. The first-order valence-electron chi connectivity index (χ1n) is 6.38. The minimum absolute atomic E-state index is 0.338. The molecule has 1 fully saturated rings. The fourth-order valence-electron chi connectivity index (χ4n) is 2.20. The molecule has 114 valence electrons. The Morgan fingerprint density at radius 3 is 2.71 bits per heavy atom. The number of methoxy groups -OCH3 is 2. The third-order valence-corrected chi connectivity index (χ3v) is 3.15. The predicted octanol–water partition coefficient (Wildman–Crippen LogP) is 1.05. The maximum Gasteiger partial charge on any atom is 0.409 e. The molecule has 0 radical (unpaired) electrons. The van der Waals surface area contributed by atoms with Crippen molar-refractivity contribution in [3.05, 3.63) is 18.3 Å². The van der Waals surface area contributed by atoms with E-state index in [1.54, 1.807) is 18.3 Å². The fourth-order valence-corrected chi connectivity index (χ4v) is 2.20. The molecule has 0 unspecified atom stereocenters. The second kappa shape index (κ2) is 5.86. The molecular weight excluding hydrogens is 276 g/mol. The highest BCUT2D eigenvalue weighted by Crippen LogP contribution is 2.23. The van der Waals surface area contributed by atoms with Crippen molar-refractivity contribution in [2.45, 2.75) is 12.5 Å². The first-order valence-corrected chi connectivity index (χ1v) is 6.38. The van der Waals surface area contributed by atoms with Gasteiger partial charge in [0.15, 0.2) is 11.6 Å². The summed E-state index contributed by atoms with van der Waals surface area (Å²) in [7, 11) is 2.83. The lowest BCUT2D eigenvalue weighted by Gasteiger charge is -2.47. The summed E-state index contributed by atoms with van der Waals surface area (Å²) < 4.78 is 9.72. The minimum atomic E-state index is -0.486. The van der Waals surface area contributed by atoms with Crippen LogP contribution in [0, 0.1) is 0 Å². The van der Waals surface area contributed by atoms with E-state index in [0.717, 1.165) is 0 Å². The van der Waals surface area contributed by atoms with Crippen LogP contribution in [0.5, 0.6) is 5.75 Å². The van der Waals surface area contributed by atoms with Crippen LogP contribution in [-0.4, -0.2) is 54.9 Å². The standard InChI is InChI=1S/C13H18N4O4/c1-13(7-17(8-13)12(19)21-3)16-11(18)15-10-9(20-2)5-4-6-14-10/h4-6H,7-8H2,1-3H3,(H2,14,15,16,18).